The summed E-state index contributed by atoms with van der Waals surface area (Å²) in [5, 5.41) is 12.3. The highest BCUT2D eigenvalue weighted by atomic mass is 35.5. The average Bonchev–Trinajstić information content (AvgIpc) is 2.62. The number of β-amino-alcohol motifs (C(OH)–C–C–N with tert-alkyl or cyclic N) is 1. The molecule has 2 amide bonds. The van der Waals surface area contributed by atoms with Crippen molar-refractivity contribution in [1.82, 2.24) is 10.2 Å². The zero-order valence-corrected chi connectivity index (χ0v) is 9.44. The number of nitrogens with one attached hydrogen (secondary N) is 1. The van der Waals surface area contributed by atoms with Crippen molar-refractivity contribution in [3.63, 3.8) is 0 Å². The van der Waals surface area contributed by atoms with Crippen LogP contribution in [0.5, 0.6) is 0 Å². The molecule has 16 heavy (non-hydrogen) atoms. The summed E-state index contributed by atoms with van der Waals surface area (Å²) in [4.78, 5) is 13.1. The Labute approximate surface area is 98.8 Å². The molecule has 0 aromatic heterocycles. The molecule has 0 saturated carbocycles. The van der Waals surface area contributed by atoms with Gasteiger partial charge in [0.15, 0.2) is 0 Å². The fourth-order valence-corrected chi connectivity index (χ4v) is 1.91. The number of hydrogen-bond acceptors (Lipinski definition) is 2. The normalized spacial score (nSPS) is 20.0. The van der Waals surface area contributed by atoms with Crippen molar-refractivity contribution >= 4 is 17.6 Å². The minimum atomic E-state index is -0.131. The molecule has 1 saturated heterocycles. The van der Waals surface area contributed by atoms with Gasteiger partial charge in [-0.1, -0.05) is 23.7 Å². The second kappa shape index (κ2) is 4.72. The number of amides is 2. The summed E-state index contributed by atoms with van der Waals surface area (Å²) in [7, 11) is 0. The molecule has 0 bridgehead atoms. The van der Waals surface area contributed by atoms with Crippen molar-refractivity contribution in [2.24, 2.45) is 0 Å². The van der Waals surface area contributed by atoms with Crippen LogP contribution in [0.4, 0.5) is 4.79 Å². The number of hydrogen-bond donors (Lipinski definition) is 2. The summed E-state index contributed by atoms with van der Waals surface area (Å²) in [6.45, 7) is 0.942. The highest BCUT2D eigenvalue weighted by molar-refractivity contribution is 6.30. The predicted molar refractivity (Wildman–Crippen MR) is 61.4 cm³/mol. The first-order chi connectivity index (χ1) is 7.70. The van der Waals surface area contributed by atoms with E-state index in [0.717, 1.165) is 5.56 Å². The van der Waals surface area contributed by atoms with E-state index in [0.29, 0.717) is 18.1 Å². The Balaban J connectivity index is 2.07. The van der Waals surface area contributed by atoms with E-state index in [2.05, 4.69) is 5.32 Å². The Morgan fingerprint density at radius 1 is 1.44 bits per heavy atom. The lowest BCUT2D eigenvalue weighted by molar-refractivity contribution is 0.196. The SMILES string of the molecule is O=C1NC(c2ccc(Cl)cc2)CN1CCO. The molecule has 2 N–H and O–H groups in total. The van der Waals surface area contributed by atoms with E-state index in [1.165, 1.54) is 0 Å². The average molecular weight is 241 g/mol. The van der Waals surface area contributed by atoms with Crippen LogP contribution in [0.1, 0.15) is 11.6 Å². The smallest absolute Gasteiger partial charge is 0.318 e. The van der Waals surface area contributed by atoms with Crippen molar-refractivity contribution in [2.45, 2.75) is 6.04 Å². The maximum Gasteiger partial charge on any atom is 0.318 e. The number of carbonyl (C=O) groups excluding carboxylic acids is 1. The van der Waals surface area contributed by atoms with E-state index in [9.17, 15) is 4.79 Å². The van der Waals surface area contributed by atoms with Crippen molar-refractivity contribution in [1.29, 1.82) is 0 Å². The van der Waals surface area contributed by atoms with Crippen molar-refractivity contribution < 1.29 is 9.90 Å². The first kappa shape index (κ1) is 11.2. The summed E-state index contributed by atoms with van der Waals surface area (Å²) < 4.78 is 0. The van der Waals surface area contributed by atoms with E-state index >= 15 is 0 Å². The highest BCUT2D eigenvalue weighted by Gasteiger charge is 2.28. The lowest BCUT2D eigenvalue weighted by atomic mass is 10.1. The standard InChI is InChI=1S/C11H13ClN2O2/c12-9-3-1-8(2-4-9)10-7-14(5-6-15)11(16)13-10/h1-4,10,15H,5-7H2,(H,13,16). The van der Waals surface area contributed by atoms with Gasteiger partial charge in [0.25, 0.3) is 0 Å². The number of aliphatic hydroxyl groups excluding tert-OH is 1. The second-order valence-corrected chi connectivity index (χ2v) is 4.16. The molecule has 4 nitrogen and oxygen atoms in total. The molecule has 5 heteroatoms. The maximum atomic E-state index is 11.5. The van der Waals surface area contributed by atoms with Gasteiger partial charge < -0.3 is 15.3 Å². The van der Waals surface area contributed by atoms with Gasteiger partial charge in [-0.15, -0.1) is 0 Å². The Bertz CT molecular complexity index is 380. The molecule has 1 aromatic carbocycles. The van der Waals surface area contributed by atoms with E-state index in [1.807, 2.05) is 12.1 Å². The van der Waals surface area contributed by atoms with Gasteiger partial charge in [-0.3, -0.25) is 0 Å². The van der Waals surface area contributed by atoms with Crippen molar-refractivity contribution in [3.05, 3.63) is 34.9 Å². The topological polar surface area (TPSA) is 52.6 Å². The van der Waals surface area contributed by atoms with Crippen molar-refractivity contribution in [3.8, 4) is 0 Å². The number of aliphatic hydroxyl groups is 1. The van der Waals surface area contributed by atoms with Gasteiger partial charge >= 0.3 is 6.03 Å². The molecule has 2 rings (SSSR count). The molecule has 1 unspecified atom stereocenters. The molecule has 1 atom stereocenters. The van der Waals surface area contributed by atoms with Gasteiger partial charge in [0.2, 0.25) is 0 Å². The van der Waals surface area contributed by atoms with Crippen LogP contribution in [0, 0.1) is 0 Å². The van der Waals surface area contributed by atoms with Crippen LogP contribution in [0.15, 0.2) is 24.3 Å². The summed E-state index contributed by atoms with van der Waals surface area (Å²) in [5.74, 6) is 0. The fraction of sp³-hybridized carbons (Fsp3) is 0.364. The molecule has 1 aromatic rings. The predicted octanol–water partition coefficient (Wildman–Crippen LogP) is 1.40. The van der Waals surface area contributed by atoms with Gasteiger partial charge in [-0.2, -0.15) is 0 Å². The Hall–Kier alpha value is -1.26. The van der Waals surface area contributed by atoms with Gasteiger partial charge in [0.1, 0.15) is 0 Å². The van der Waals surface area contributed by atoms with E-state index in [4.69, 9.17) is 16.7 Å². The maximum absolute atomic E-state index is 11.5. The third-order valence-electron chi connectivity index (χ3n) is 2.63. The summed E-state index contributed by atoms with van der Waals surface area (Å²) in [5.41, 5.74) is 1.03. The number of halogens is 1. The second-order valence-electron chi connectivity index (χ2n) is 3.72. The van der Waals surface area contributed by atoms with Crippen LogP contribution in [0.3, 0.4) is 0 Å². The number of benzene rings is 1. The summed E-state index contributed by atoms with van der Waals surface area (Å²) in [6.07, 6.45) is 0. The van der Waals surface area contributed by atoms with Gasteiger partial charge in [0, 0.05) is 18.1 Å². The Kier molecular flexibility index (Phi) is 3.31. The van der Waals surface area contributed by atoms with Crippen molar-refractivity contribution in [2.75, 3.05) is 19.7 Å². The molecule has 0 spiro atoms. The fourth-order valence-electron chi connectivity index (χ4n) is 1.79. The largest absolute Gasteiger partial charge is 0.395 e. The molecule has 1 aliphatic rings. The third kappa shape index (κ3) is 2.28. The Morgan fingerprint density at radius 3 is 2.75 bits per heavy atom. The number of nitrogens with zero attached hydrogens (tertiary/aromatic N) is 1. The molecule has 1 aliphatic heterocycles. The first-order valence-electron chi connectivity index (χ1n) is 5.12. The zero-order valence-electron chi connectivity index (χ0n) is 8.69. The monoisotopic (exact) mass is 240 g/mol. The molecule has 0 aliphatic carbocycles. The molecule has 1 heterocycles. The number of rotatable bonds is 3. The minimum Gasteiger partial charge on any atom is -0.395 e. The molecule has 1 fully saturated rings. The van der Waals surface area contributed by atoms with Gasteiger partial charge in [-0.25, -0.2) is 4.79 Å². The van der Waals surface area contributed by atoms with E-state index in [1.54, 1.807) is 17.0 Å². The van der Waals surface area contributed by atoms with Gasteiger partial charge in [-0.05, 0) is 17.7 Å². The van der Waals surface area contributed by atoms with Crippen LogP contribution in [0.2, 0.25) is 5.02 Å². The number of carbonyl (C=O) groups is 1. The lowest BCUT2D eigenvalue weighted by Crippen LogP contribution is -2.30. The molecule has 0 radical (unpaired) electrons. The summed E-state index contributed by atoms with van der Waals surface area (Å²) >= 11 is 5.79. The summed E-state index contributed by atoms with van der Waals surface area (Å²) in [6, 6.07) is 7.26. The third-order valence-corrected chi connectivity index (χ3v) is 2.88. The quantitative estimate of drug-likeness (QED) is 0.839. The van der Waals surface area contributed by atoms with Crippen LogP contribution in [-0.4, -0.2) is 35.7 Å². The minimum absolute atomic E-state index is 0.0131. The molecular weight excluding hydrogens is 228 g/mol. The van der Waals surface area contributed by atoms with Crippen LogP contribution in [-0.2, 0) is 0 Å². The molecule has 86 valence electrons. The van der Waals surface area contributed by atoms with E-state index < -0.39 is 0 Å². The molecular formula is C11H13ClN2O2. The van der Waals surface area contributed by atoms with Crippen LogP contribution < -0.4 is 5.32 Å². The number of urea groups is 1. The van der Waals surface area contributed by atoms with Gasteiger partial charge in [0.05, 0.1) is 12.6 Å². The Morgan fingerprint density at radius 2 is 2.12 bits per heavy atom. The van der Waals surface area contributed by atoms with E-state index in [-0.39, 0.29) is 18.7 Å². The van der Waals surface area contributed by atoms with Crippen LogP contribution >= 0.6 is 11.6 Å². The zero-order chi connectivity index (χ0) is 11.5. The lowest BCUT2D eigenvalue weighted by Gasteiger charge is -2.12. The first-order valence-corrected chi connectivity index (χ1v) is 5.50. The van der Waals surface area contributed by atoms with Crippen LogP contribution in [0.25, 0.3) is 0 Å². The highest BCUT2D eigenvalue weighted by Crippen LogP contribution is 2.21.